The second kappa shape index (κ2) is 4.85. The zero-order valence-electron chi connectivity index (χ0n) is 8.27. The number of phenols is 2. The molecular formula is C9H8O7S. The minimum Gasteiger partial charge on any atom is -0.504 e. The Morgan fingerprint density at radius 3 is 2.41 bits per heavy atom. The van der Waals surface area contributed by atoms with Crippen molar-refractivity contribution in [2.24, 2.45) is 0 Å². The Balaban J connectivity index is 2.77. The van der Waals surface area contributed by atoms with E-state index in [9.17, 15) is 13.2 Å². The van der Waals surface area contributed by atoms with Gasteiger partial charge < -0.3 is 14.4 Å². The molecule has 0 fully saturated rings. The highest BCUT2D eigenvalue weighted by atomic mass is 32.3. The van der Waals surface area contributed by atoms with Crippen molar-refractivity contribution in [3.63, 3.8) is 0 Å². The number of hydrogen-bond acceptors (Lipinski definition) is 6. The van der Waals surface area contributed by atoms with Gasteiger partial charge in [0.25, 0.3) is 0 Å². The van der Waals surface area contributed by atoms with Gasteiger partial charge in [-0.25, -0.2) is 4.79 Å². The average molecular weight is 260 g/mol. The van der Waals surface area contributed by atoms with Crippen molar-refractivity contribution in [3.8, 4) is 11.5 Å². The number of hydrogen-bond donors (Lipinski definition) is 3. The van der Waals surface area contributed by atoms with Crippen LogP contribution in [0.5, 0.6) is 11.5 Å². The van der Waals surface area contributed by atoms with E-state index >= 15 is 0 Å². The van der Waals surface area contributed by atoms with E-state index in [1.54, 1.807) is 0 Å². The van der Waals surface area contributed by atoms with Gasteiger partial charge in [-0.3, -0.25) is 4.55 Å². The number of phenolic OH excluding ortho intramolecular Hbond substituents is 2. The van der Waals surface area contributed by atoms with E-state index in [0.717, 1.165) is 18.2 Å². The molecule has 1 rings (SSSR count). The molecule has 92 valence electrons. The second-order valence-corrected chi connectivity index (χ2v) is 3.93. The summed E-state index contributed by atoms with van der Waals surface area (Å²) >= 11 is 0. The predicted octanol–water partition coefficient (Wildman–Crippen LogP) is 0.457. The molecule has 0 radical (unpaired) electrons. The number of aromatic hydroxyl groups is 2. The molecule has 1 aromatic carbocycles. The van der Waals surface area contributed by atoms with Crippen molar-refractivity contribution in [2.45, 2.75) is 0 Å². The van der Waals surface area contributed by atoms with Crippen LogP contribution in [0.2, 0.25) is 0 Å². The largest absolute Gasteiger partial charge is 0.504 e. The number of carbonyl (C=O) groups excluding carboxylic acids is 1. The fourth-order valence-electron chi connectivity index (χ4n) is 0.940. The summed E-state index contributed by atoms with van der Waals surface area (Å²) in [5.41, 5.74) is 0.326. The van der Waals surface area contributed by atoms with Crippen LogP contribution in [-0.4, -0.2) is 29.2 Å². The molecule has 0 unspecified atom stereocenters. The Morgan fingerprint density at radius 1 is 1.24 bits per heavy atom. The Kier molecular flexibility index (Phi) is 3.71. The molecule has 1 aromatic rings. The van der Waals surface area contributed by atoms with E-state index in [1.807, 2.05) is 0 Å². The average Bonchev–Trinajstić information content (AvgIpc) is 2.17. The molecule has 0 amide bonds. The van der Waals surface area contributed by atoms with Gasteiger partial charge in [0.1, 0.15) is 0 Å². The molecule has 0 aromatic heterocycles. The maximum Gasteiger partial charge on any atom is 0.449 e. The predicted molar refractivity (Wildman–Crippen MR) is 56.4 cm³/mol. The van der Waals surface area contributed by atoms with Crippen LogP contribution >= 0.6 is 0 Å². The van der Waals surface area contributed by atoms with Crippen molar-refractivity contribution in [1.82, 2.24) is 0 Å². The van der Waals surface area contributed by atoms with Crippen molar-refractivity contribution in [1.29, 1.82) is 0 Å². The molecular weight excluding hydrogens is 252 g/mol. The highest BCUT2D eigenvalue weighted by molar-refractivity contribution is 7.81. The van der Waals surface area contributed by atoms with Crippen LogP contribution in [0.15, 0.2) is 24.3 Å². The van der Waals surface area contributed by atoms with Crippen LogP contribution in [0.4, 0.5) is 0 Å². The standard InChI is InChI=1S/C9H8O7S/c10-7-3-1-6(5-8(7)11)2-4-9(12)16-17(13,14)15/h1-5,10-11H,(H,13,14,15)/b4-2+. The van der Waals surface area contributed by atoms with E-state index in [0.29, 0.717) is 5.56 Å². The van der Waals surface area contributed by atoms with Gasteiger partial charge in [-0.05, 0) is 23.8 Å². The van der Waals surface area contributed by atoms with Crippen molar-refractivity contribution in [3.05, 3.63) is 29.8 Å². The molecule has 7 nitrogen and oxygen atoms in total. The molecule has 8 heteroatoms. The minimum absolute atomic E-state index is 0.326. The molecule has 0 saturated carbocycles. The maximum absolute atomic E-state index is 10.8. The first-order chi connectivity index (χ1) is 7.78. The lowest BCUT2D eigenvalue weighted by Gasteiger charge is -1.98. The summed E-state index contributed by atoms with van der Waals surface area (Å²) in [5, 5.41) is 18.1. The third-order valence-corrected chi connectivity index (χ3v) is 1.97. The van der Waals surface area contributed by atoms with Crippen LogP contribution in [-0.2, 0) is 19.4 Å². The quantitative estimate of drug-likeness (QED) is 0.410. The lowest BCUT2D eigenvalue weighted by molar-refractivity contribution is -0.128. The third-order valence-electron chi connectivity index (χ3n) is 1.60. The van der Waals surface area contributed by atoms with Crippen LogP contribution < -0.4 is 0 Å². The van der Waals surface area contributed by atoms with E-state index in [1.165, 1.54) is 12.1 Å². The van der Waals surface area contributed by atoms with Gasteiger partial charge in [0, 0.05) is 6.08 Å². The summed E-state index contributed by atoms with van der Waals surface area (Å²) in [6.07, 6.45) is 1.87. The first kappa shape index (κ1) is 13.0. The number of benzene rings is 1. The van der Waals surface area contributed by atoms with Crippen LogP contribution in [0.25, 0.3) is 6.08 Å². The van der Waals surface area contributed by atoms with Crippen LogP contribution in [0, 0.1) is 0 Å². The van der Waals surface area contributed by atoms with Crippen LogP contribution in [0.3, 0.4) is 0 Å². The van der Waals surface area contributed by atoms with Crippen molar-refractivity contribution in [2.75, 3.05) is 0 Å². The van der Waals surface area contributed by atoms with Gasteiger partial charge in [0.15, 0.2) is 11.5 Å². The fraction of sp³-hybridized carbons (Fsp3) is 0. The second-order valence-electron chi connectivity index (χ2n) is 2.91. The highest BCUT2D eigenvalue weighted by Crippen LogP contribution is 2.25. The zero-order chi connectivity index (χ0) is 13.1. The molecule has 0 aliphatic heterocycles. The maximum atomic E-state index is 10.8. The lowest BCUT2D eigenvalue weighted by Crippen LogP contribution is -2.08. The minimum atomic E-state index is -4.83. The molecule has 0 saturated heterocycles. The Morgan fingerprint density at radius 2 is 1.88 bits per heavy atom. The molecule has 0 aliphatic rings. The van der Waals surface area contributed by atoms with E-state index in [-0.39, 0.29) is 5.75 Å². The SMILES string of the molecule is O=C(/C=C/c1ccc(O)c(O)c1)OS(=O)(=O)O. The molecule has 0 heterocycles. The van der Waals surface area contributed by atoms with Crippen molar-refractivity contribution < 1.29 is 32.2 Å². The molecule has 0 atom stereocenters. The van der Waals surface area contributed by atoms with E-state index in [2.05, 4.69) is 4.18 Å². The van der Waals surface area contributed by atoms with Gasteiger partial charge in [0.2, 0.25) is 0 Å². The smallest absolute Gasteiger partial charge is 0.449 e. The monoisotopic (exact) mass is 260 g/mol. The Hall–Kier alpha value is -2.06. The highest BCUT2D eigenvalue weighted by Gasteiger charge is 2.09. The Bertz CT molecular complexity index is 559. The van der Waals surface area contributed by atoms with Crippen molar-refractivity contribution >= 4 is 22.4 Å². The van der Waals surface area contributed by atoms with Crippen LogP contribution in [0.1, 0.15) is 5.56 Å². The fourth-order valence-corrected chi connectivity index (χ4v) is 1.20. The lowest BCUT2D eigenvalue weighted by atomic mass is 10.2. The van der Waals surface area contributed by atoms with Gasteiger partial charge in [0.05, 0.1) is 0 Å². The third kappa shape index (κ3) is 4.53. The van der Waals surface area contributed by atoms with Gasteiger partial charge in [-0.1, -0.05) is 6.07 Å². The zero-order valence-corrected chi connectivity index (χ0v) is 9.09. The molecule has 0 aliphatic carbocycles. The summed E-state index contributed by atoms with van der Waals surface area (Å²) < 4.78 is 32.1. The van der Waals surface area contributed by atoms with Gasteiger partial charge >= 0.3 is 16.4 Å². The summed E-state index contributed by atoms with van der Waals surface area (Å²) in [7, 11) is -4.83. The summed E-state index contributed by atoms with van der Waals surface area (Å²) in [6.45, 7) is 0. The van der Waals surface area contributed by atoms with E-state index in [4.69, 9.17) is 14.8 Å². The topological polar surface area (TPSA) is 121 Å². The Labute approximate surface area is 96.5 Å². The summed E-state index contributed by atoms with van der Waals surface area (Å²) in [4.78, 5) is 10.8. The molecule has 3 N–H and O–H groups in total. The normalized spacial score (nSPS) is 11.6. The number of rotatable bonds is 3. The molecule has 17 heavy (non-hydrogen) atoms. The first-order valence-electron chi connectivity index (χ1n) is 4.19. The molecule has 0 bridgehead atoms. The number of carbonyl (C=O) groups is 1. The summed E-state index contributed by atoms with van der Waals surface area (Å²) in [5.74, 6) is -2.02. The van der Waals surface area contributed by atoms with E-state index < -0.39 is 22.1 Å². The van der Waals surface area contributed by atoms with Gasteiger partial charge in [-0.15, -0.1) is 0 Å². The first-order valence-corrected chi connectivity index (χ1v) is 5.55. The summed E-state index contributed by atoms with van der Waals surface area (Å²) in [6, 6.07) is 3.70. The molecule has 0 spiro atoms. The van der Waals surface area contributed by atoms with Gasteiger partial charge in [-0.2, -0.15) is 8.42 Å².